The highest BCUT2D eigenvalue weighted by molar-refractivity contribution is 5.93. The number of carbonyl (C=O) groups excluding carboxylic acids is 1. The molecule has 2 fully saturated rings. The van der Waals surface area contributed by atoms with Crippen LogP contribution in [0, 0.1) is 23.2 Å². The molecule has 1 aromatic carbocycles. The van der Waals surface area contributed by atoms with Crippen LogP contribution in [0.4, 0.5) is 4.39 Å². The van der Waals surface area contributed by atoms with E-state index in [-0.39, 0.29) is 23.8 Å². The Kier molecular flexibility index (Phi) is 7.02. The van der Waals surface area contributed by atoms with Gasteiger partial charge in [-0.3, -0.25) is 9.18 Å². The summed E-state index contributed by atoms with van der Waals surface area (Å²) in [7, 11) is 0. The van der Waals surface area contributed by atoms with Gasteiger partial charge < -0.3 is 0 Å². The van der Waals surface area contributed by atoms with Crippen LogP contribution < -0.4 is 0 Å². The molecule has 2 saturated carbocycles. The fourth-order valence-corrected chi connectivity index (χ4v) is 7.33. The highest BCUT2D eigenvalue weighted by Crippen LogP contribution is 2.65. The van der Waals surface area contributed by atoms with E-state index in [0.29, 0.717) is 24.2 Å². The fraction of sp³-hybridized carbons (Fsp3) is 0.452. The second kappa shape index (κ2) is 9.79. The quantitative estimate of drug-likeness (QED) is 0.338. The number of halogens is 1. The fourth-order valence-electron chi connectivity index (χ4n) is 7.33. The third kappa shape index (κ3) is 4.14. The summed E-state index contributed by atoms with van der Waals surface area (Å²) in [6.07, 6.45) is 14.6. The topological polar surface area (TPSA) is 17.1 Å². The van der Waals surface area contributed by atoms with E-state index in [1.54, 1.807) is 11.6 Å². The Hall–Kier alpha value is -2.48. The zero-order valence-electron chi connectivity index (χ0n) is 20.0. The minimum atomic E-state index is -0.191. The molecule has 0 N–H and O–H groups in total. The number of alkyl halides is 1. The van der Waals surface area contributed by atoms with Gasteiger partial charge in [-0.05, 0) is 90.0 Å². The Balaban J connectivity index is 0.00000126. The summed E-state index contributed by atoms with van der Waals surface area (Å²) in [4.78, 5) is 12.1. The monoisotopic (exact) mass is 444 g/mol. The predicted octanol–water partition coefficient (Wildman–Crippen LogP) is 8.17. The van der Waals surface area contributed by atoms with Gasteiger partial charge in [-0.15, -0.1) is 13.2 Å². The molecule has 0 aliphatic heterocycles. The molecule has 0 radical (unpaired) electrons. The molecule has 33 heavy (non-hydrogen) atoms. The molecule has 174 valence electrons. The molecule has 0 heterocycles. The third-order valence-corrected chi connectivity index (χ3v) is 8.88. The molecule has 0 spiro atoms. The number of carbonyl (C=O) groups is 1. The van der Waals surface area contributed by atoms with Gasteiger partial charge in [-0.2, -0.15) is 0 Å². The summed E-state index contributed by atoms with van der Waals surface area (Å²) < 4.78 is 14.1. The van der Waals surface area contributed by atoms with E-state index < -0.39 is 0 Å². The minimum absolute atomic E-state index is 0.0707. The molecule has 0 bridgehead atoms. The van der Waals surface area contributed by atoms with Crippen LogP contribution in [-0.2, 0) is 4.79 Å². The second-order valence-corrected chi connectivity index (χ2v) is 10.3. The first kappa shape index (κ1) is 23.7. The van der Waals surface area contributed by atoms with Gasteiger partial charge in [0.25, 0.3) is 0 Å². The van der Waals surface area contributed by atoms with Crippen LogP contribution in [-0.4, -0.2) is 12.5 Å². The molecule has 0 aromatic heterocycles. The largest absolute Gasteiger partial charge is 0.295 e. The molecule has 2 heteroatoms. The SMILES string of the molecule is C=C.C=C/C=C/c1ccc(C2CC3(C)C(CF)CCC3C3CCC4=CC(=O)CCC4=C23)cc1. The van der Waals surface area contributed by atoms with Crippen molar-refractivity contribution in [2.75, 3.05) is 6.67 Å². The summed E-state index contributed by atoms with van der Waals surface area (Å²) in [6.45, 7) is 11.9. The number of allylic oxidation sites excluding steroid dienone is 6. The van der Waals surface area contributed by atoms with Gasteiger partial charge in [0.15, 0.2) is 5.78 Å². The summed E-state index contributed by atoms with van der Waals surface area (Å²) >= 11 is 0. The van der Waals surface area contributed by atoms with E-state index in [1.165, 1.54) is 22.3 Å². The van der Waals surface area contributed by atoms with Crippen molar-refractivity contribution in [3.05, 3.63) is 90.1 Å². The van der Waals surface area contributed by atoms with Crippen LogP contribution in [0.15, 0.2) is 78.9 Å². The lowest BCUT2D eigenvalue weighted by Gasteiger charge is -2.52. The summed E-state index contributed by atoms with van der Waals surface area (Å²) in [6, 6.07) is 8.92. The van der Waals surface area contributed by atoms with Crippen molar-refractivity contribution in [3.63, 3.8) is 0 Å². The van der Waals surface area contributed by atoms with Crippen LogP contribution in [0.1, 0.15) is 68.9 Å². The van der Waals surface area contributed by atoms with E-state index in [0.717, 1.165) is 38.5 Å². The van der Waals surface area contributed by atoms with Crippen molar-refractivity contribution in [3.8, 4) is 0 Å². The Morgan fingerprint density at radius 3 is 2.55 bits per heavy atom. The van der Waals surface area contributed by atoms with Crippen molar-refractivity contribution in [1.29, 1.82) is 0 Å². The maximum Gasteiger partial charge on any atom is 0.156 e. The first-order valence-electron chi connectivity index (χ1n) is 12.5. The van der Waals surface area contributed by atoms with Gasteiger partial charge in [-0.25, -0.2) is 0 Å². The van der Waals surface area contributed by atoms with E-state index in [9.17, 15) is 9.18 Å². The van der Waals surface area contributed by atoms with Gasteiger partial charge in [0.2, 0.25) is 0 Å². The lowest BCUT2D eigenvalue weighted by Crippen LogP contribution is -2.43. The molecule has 5 unspecified atom stereocenters. The lowest BCUT2D eigenvalue weighted by molar-refractivity contribution is -0.114. The molecular weight excluding hydrogens is 407 g/mol. The van der Waals surface area contributed by atoms with Gasteiger partial charge in [-0.1, -0.05) is 61.6 Å². The first-order chi connectivity index (χ1) is 16.0. The van der Waals surface area contributed by atoms with Gasteiger partial charge >= 0.3 is 0 Å². The number of ketones is 1. The van der Waals surface area contributed by atoms with E-state index in [2.05, 4.69) is 57.0 Å². The average Bonchev–Trinajstić information content (AvgIpc) is 3.19. The number of fused-ring (bicyclic) bond motifs is 4. The van der Waals surface area contributed by atoms with Gasteiger partial charge in [0, 0.05) is 12.3 Å². The Labute approximate surface area is 198 Å². The van der Waals surface area contributed by atoms with Crippen molar-refractivity contribution >= 4 is 11.9 Å². The van der Waals surface area contributed by atoms with Crippen LogP contribution >= 0.6 is 0 Å². The first-order valence-corrected chi connectivity index (χ1v) is 12.5. The Bertz CT molecular complexity index is 994. The van der Waals surface area contributed by atoms with Crippen molar-refractivity contribution in [2.24, 2.45) is 23.2 Å². The van der Waals surface area contributed by atoms with Crippen LogP contribution in [0.25, 0.3) is 6.08 Å². The molecule has 4 aliphatic carbocycles. The molecule has 1 nitrogen and oxygen atoms in total. The number of rotatable bonds is 4. The predicted molar refractivity (Wildman–Crippen MR) is 137 cm³/mol. The molecule has 5 atom stereocenters. The standard InChI is InChI=1S/C29H33FO.C2H4/c1-3-4-5-19-6-8-20(9-7-19)26-17-29(2)22(18-30)11-15-27(29)25-13-10-21-16-23(31)12-14-24(21)28(25)26;1-2/h3-9,16,22,25-27H,1,10-15,17-18H2,2H3;1-2H2/b5-4+;. The van der Waals surface area contributed by atoms with Crippen molar-refractivity contribution in [2.45, 2.75) is 57.8 Å². The van der Waals surface area contributed by atoms with Crippen LogP contribution in [0.2, 0.25) is 0 Å². The number of hydrogen-bond acceptors (Lipinski definition) is 1. The van der Waals surface area contributed by atoms with Gasteiger partial charge in [0.1, 0.15) is 0 Å². The molecular formula is C31H37FO. The number of benzene rings is 1. The molecule has 0 saturated heterocycles. The zero-order chi connectivity index (χ0) is 23.6. The minimum Gasteiger partial charge on any atom is -0.295 e. The zero-order valence-corrected chi connectivity index (χ0v) is 20.0. The molecule has 4 aliphatic rings. The Morgan fingerprint density at radius 1 is 1.09 bits per heavy atom. The summed E-state index contributed by atoms with van der Waals surface area (Å²) in [5.74, 6) is 1.93. The summed E-state index contributed by atoms with van der Waals surface area (Å²) in [5, 5.41) is 0. The maximum atomic E-state index is 14.1. The van der Waals surface area contributed by atoms with Crippen LogP contribution in [0.5, 0.6) is 0 Å². The second-order valence-electron chi connectivity index (χ2n) is 10.3. The van der Waals surface area contributed by atoms with Gasteiger partial charge in [0.05, 0.1) is 6.67 Å². The van der Waals surface area contributed by atoms with Crippen molar-refractivity contribution < 1.29 is 9.18 Å². The molecule has 5 rings (SSSR count). The number of hydrogen-bond donors (Lipinski definition) is 0. The van der Waals surface area contributed by atoms with E-state index >= 15 is 0 Å². The van der Waals surface area contributed by atoms with E-state index in [1.807, 2.05) is 12.2 Å². The smallest absolute Gasteiger partial charge is 0.156 e. The maximum absolute atomic E-state index is 14.1. The van der Waals surface area contributed by atoms with Crippen molar-refractivity contribution in [1.82, 2.24) is 0 Å². The highest BCUT2D eigenvalue weighted by atomic mass is 19.1. The average molecular weight is 445 g/mol. The highest BCUT2D eigenvalue weighted by Gasteiger charge is 2.56. The lowest BCUT2D eigenvalue weighted by atomic mass is 9.52. The molecule has 0 amide bonds. The molecule has 1 aromatic rings. The third-order valence-electron chi connectivity index (χ3n) is 8.88. The van der Waals surface area contributed by atoms with Crippen LogP contribution in [0.3, 0.4) is 0 Å². The normalized spacial score (nSPS) is 32.9. The Morgan fingerprint density at radius 2 is 1.85 bits per heavy atom. The summed E-state index contributed by atoms with van der Waals surface area (Å²) in [5.41, 5.74) is 6.96. The van der Waals surface area contributed by atoms with E-state index in [4.69, 9.17) is 0 Å².